The fraction of sp³-hybridized carbons (Fsp3) is 0.581. The fourth-order valence-electron chi connectivity index (χ4n) is 5.16. The quantitative estimate of drug-likeness (QED) is 0.0736. The molecule has 0 amide bonds. The first-order valence-electron chi connectivity index (χ1n) is 16.0. The first-order valence-corrected chi connectivity index (χ1v) is 21.1. The van der Waals surface area contributed by atoms with Gasteiger partial charge >= 0.3 is 0 Å². The van der Waals surface area contributed by atoms with Crippen LogP contribution in [0.4, 0.5) is 0 Å². The summed E-state index contributed by atoms with van der Waals surface area (Å²) in [4.78, 5) is 1.66. The van der Waals surface area contributed by atoms with Crippen LogP contribution >= 0.6 is 11.3 Å². The minimum atomic E-state index is -4.42. The Labute approximate surface area is 278 Å². The third-order valence-electron chi connectivity index (χ3n) is 7.99. The number of hydrogen-bond donors (Lipinski definition) is 2. The first-order chi connectivity index (χ1) is 21.8. The lowest BCUT2D eigenvalue weighted by atomic mass is 10.0. The molecule has 2 aromatic carbocycles. The maximum Gasteiger partial charge on any atom is 0.294 e. The van der Waals surface area contributed by atoms with E-state index in [1.54, 1.807) is 7.05 Å². The van der Waals surface area contributed by atoms with Crippen LogP contribution in [-0.4, -0.2) is 52.3 Å². The summed E-state index contributed by atoms with van der Waals surface area (Å²) < 4.78 is 88.2. The Morgan fingerprint density at radius 2 is 1.30 bits per heavy atom. The van der Waals surface area contributed by atoms with Gasteiger partial charge in [0.15, 0.2) is 0 Å². The van der Waals surface area contributed by atoms with Gasteiger partial charge in [0.1, 0.15) is 0 Å². The van der Waals surface area contributed by atoms with Gasteiger partial charge in [0.25, 0.3) is 20.1 Å². The number of nitrogens with zero attached hydrogens (tertiary/aromatic N) is 3. The highest BCUT2D eigenvalue weighted by molar-refractivity contribution is 7.90. The molecule has 3 rings (SSSR count). The second-order valence-corrected chi connectivity index (χ2v) is 17.8. The van der Waals surface area contributed by atoms with Gasteiger partial charge in [-0.15, -0.1) is 5.10 Å². The lowest BCUT2D eigenvalue weighted by molar-refractivity contribution is 0.447. The van der Waals surface area contributed by atoms with Gasteiger partial charge in [-0.05, 0) is 42.8 Å². The minimum absolute atomic E-state index is 0.131. The van der Waals surface area contributed by atoms with Gasteiger partial charge in [-0.2, -0.15) is 21.7 Å². The van der Waals surface area contributed by atoms with Gasteiger partial charge in [0.2, 0.25) is 14.8 Å². The van der Waals surface area contributed by atoms with Crippen molar-refractivity contribution in [3.63, 3.8) is 0 Å². The highest BCUT2D eigenvalue weighted by Crippen LogP contribution is 2.22. The number of benzene rings is 2. The van der Waals surface area contributed by atoms with E-state index in [1.807, 2.05) is 0 Å². The third-order valence-corrected chi connectivity index (χ3v) is 13.0. The Hall–Kier alpha value is -2.30. The summed E-state index contributed by atoms with van der Waals surface area (Å²) in [5, 5.41) is 3.98. The highest BCUT2D eigenvalue weighted by Gasteiger charge is 2.23. The average Bonchev–Trinajstić information content (AvgIpc) is 3.34. The number of thiazole rings is 1. The molecule has 46 heavy (non-hydrogen) atoms. The van der Waals surface area contributed by atoms with Crippen LogP contribution < -0.4 is 9.63 Å². The Morgan fingerprint density at radius 1 is 0.761 bits per heavy atom. The standard InChI is InChI=1S/C31H48N4O7S4/c1-4-5-6-7-8-9-10-11-12-13-14-15-16-17-23-34(2)45(38,39)27-20-18-19-26(24-27)44(36,37)33-32-31-35(3)29-25-28(46(40,41)42)21-22-30(29)43-31/h18-22,24-25,33H,4-17,23H2,1-3H3,(H,40,41,42). The number of aryl methyl sites for hydroxylation is 1. The molecule has 0 bridgehead atoms. The fourth-order valence-corrected chi connectivity index (χ4v) is 8.86. The van der Waals surface area contributed by atoms with Crippen molar-refractivity contribution in [3.8, 4) is 0 Å². The maximum atomic E-state index is 13.2. The molecular weight excluding hydrogens is 669 g/mol. The lowest BCUT2D eigenvalue weighted by Crippen LogP contribution is -2.28. The monoisotopic (exact) mass is 716 g/mol. The molecule has 0 spiro atoms. The molecule has 3 aromatic rings. The van der Waals surface area contributed by atoms with Crippen molar-refractivity contribution in [1.82, 2.24) is 13.7 Å². The second-order valence-electron chi connectivity index (χ2n) is 11.7. The number of nitrogens with one attached hydrogen (secondary N) is 1. The van der Waals surface area contributed by atoms with Gasteiger partial charge in [0, 0.05) is 20.6 Å². The van der Waals surface area contributed by atoms with E-state index in [0.717, 1.165) is 43.1 Å². The SMILES string of the molecule is CCCCCCCCCCCCCCCCN(C)S(=O)(=O)c1cccc(S(=O)(=O)NN=c2sc3ccc(S(=O)(=O)O)cc3n2C)c1. The Balaban J connectivity index is 1.50. The van der Waals surface area contributed by atoms with Crippen LogP contribution in [0.1, 0.15) is 96.8 Å². The molecule has 0 radical (unpaired) electrons. The molecule has 0 aliphatic heterocycles. The third kappa shape index (κ3) is 11.2. The van der Waals surface area contributed by atoms with Crippen molar-refractivity contribution < 1.29 is 29.8 Å². The topological polar surface area (TPSA) is 155 Å². The van der Waals surface area contributed by atoms with E-state index in [1.165, 1.54) is 117 Å². The van der Waals surface area contributed by atoms with E-state index < -0.39 is 30.2 Å². The molecule has 1 heterocycles. The number of fused-ring (bicyclic) bond motifs is 1. The molecule has 0 saturated heterocycles. The zero-order valence-electron chi connectivity index (χ0n) is 27.0. The predicted octanol–water partition coefficient (Wildman–Crippen LogP) is 6.38. The second kappa shape index (κ2) is 17.7. The smallest absolute Gasteiger partial charge is 0.294 e. The maximum absolute atomic E-state index is 13.2. The minimum Gasteiger partial charge on any atom is -0.318 e. The Morgan fingerprint density at radius 3 is 1.87 bits per heavy atom. The molecule has 2 N–H and O–H groups in total. The van der Waals surface area contributed by atoms with Crippen LogP contribution in [0.15, 0.2) is 62.3 Å². The van der Waals surface area contributed by atoms with E-state index in [9.17, 15) is 29.8 Å². The van der Waals surface area contributed by atoms with E-state index in [4.69, 9.17) is 0 Å². The summed E-state index contributed by atoms with van der Waals surface area (Å²) in [5.74, 6) is 0. The van der Waals surface area contributed by atoms with Crippen LogP contribution in [0, 0.1) is 0 Å². The van der Waals surface area contributed by atoms with Crippen LogP contribution in [0.5, 0.6) is 0 Å². The average molecular weight is 717 g/mol. The molecule has 0 saturated carbocycles. The molecule has 258 valence electrons. The molecule has 0 fully saturated rings. The molecule has 15 heteroatoms. The van der Waals surface area contributed by atoms with E-state index in [2.05, 4.69) is 16.9 Å². The molecule has 1 aromatic heterocycles. The number of sulfonamides is 2. The predicted molar refractivity (Wildman–Crippen MR) is 183 cm³/mol. The molecule has 0 atom stereocenters. The van der Waals surface area contributed by atoms with E-state index in [-0.39, 0.29) is 19.5 Å². The normalized spacial score (nSPS) is 13.2. The van der Waals surface area contributed by atoms with Crippen molar-refractivity contribution in [1.29, 1.82) is 0 Å². The number of rotatable bonds is 21. The van der Waals surface area contributed by atoms with Gasteiger partial charge in [0.05, 0.1) is 24.9 Å². The van der Waals surface area contributed by atoms with Crippen LogP contribution in [-0.2, 0) is 37.2 Å². The molecule has 0 unspecified atom stereocenters. The molecule has 0 aliphatic carbocycles. The van der Waals surface area contributed by atoms with Crippen molar-refractivity contribution in [3.05, 3.63) is 47.3 Å². The van der Waals surface area contributed by atoms with Gasteiger partial charge in [-0.3, -0.25) is 4.55 Å². The van der Waals surface area contributed by atoms with E-state index in [0.29, 0.717) is 16.8 Å². The van der Waals surface area contributed by atoms with Gasteiger partial charge < -0.3 is 4.57 Å². The zero-order chi connectivity index (χ0) is 33.8. The summed E-state index contributed by atoms with van der Waals surface area (Å²) >= 11 is 1.10. The summed E-state index contributed by atoms with van der Waals surface area (Å²) in [7, 11) is -9.49. The van der Waals surface area contributed by atoms with Gasteiger partial charge in [-0.1, -0.05) is 108 Å². The zero-order valence-corrected chi connectivity index (χ0v) is 30.3. The van der Waals surface area contributed by atoms with Gasteiger partial charge in [-0.25, -0.2) is 12.7 Å². The van der Waals surface area contributed by atoms with Crippen molar-refractivity contribution in [2.24, 2.45) is 12.1 Å². The number of aromatic nitrogens is 1. The Kier molecular flexibility index (Phi) is 14.7. The highest BCUT2D eigenvalue weighted by atomic mass is 32.2. The summed E-state index contributed by atoms with van der Waals surface area (Å²) in [6.45, 7) is 2.58. The van der Waals surface area contributed by atoms with Crippen molar-refractivity contribution in [2.75, 3.05) is 13.6 Å². The molecule has 11 nitrogen and oxygen atoms in total. The number of unbranched alkanes of at least 4 members (excludes halogenated alkanes) is 13. The first kappa shape index (κ1) is 38.2. The van der Waals surface area contributed by atoms with Crippen molar-refractivity contribution in [2.45, 2.75) is 112 Å². The molecule has 0 aliphatic rings. The molecular formula is C31H48N4O7S4. The lowest BCUT2D eigenvalue weighted by Gasteiger charge is -2.17. The summed E-state index contributed by atoms with van der Waals surface area (Å²) in [5.41, 5.74) is 0.424. The van der Waals surface area contributed by atoms with Crippen LogP contribution in [0.2, 0.25) is 0 Å². The summed E-state index contributed by atoms with van der Waals surface area (Å²) in [6.07, 6.45) is 17.0. The van der Waals surface area contributed by atoms with Crippen LogP contribution in [0.3, 0.4) is 0 Å². The largest absolute Gasteiger partial charge is 0.318 e. The van der Waals surface area contributed by atoms with Crippen molar-refractivity contribution >= 4 is 51.7 Å². The Bertz CT molecular complexity index is 1820. The van der Waals surface area contributed by atoms with Crippen LogP contribution in [0.25, 0.3) is 10.2 Å². The van der Waals surface area contributed by atoms with E-state index >= 15 is 0 Å². The number of hydrogen-bond acceptors (Lipinski definition) is 8. The summed E-state index contributed by atoms with van der Waals surface area (Å²) in [6, 6.07) is 9.12.